The Morgan fingerprint density at radius 3 is 2.56 bits per heavy atom. The highest BCUT2D eigenvalue weighted by atomic mass is 35.5. The molecule has 2 aromatic rings. The molecule has 6 nitrogen and oxygen atoms in total. The Morgan fingerprint density at radius 1 is 1.20 bits per heavy atom. The average Bonchev–Trinajstić information content (AvgIpc) is 2.54. The average molecular weight is 383 g/mol. The van der Waals surface area contributed by atoms with E-state index < -0.39 is 29.6 Å². The van der Waals surface area contributed by atoms with Crippen LogP contribution in [0.3, 0.4) is 0 Å². The van der Waals surface area contributed by atoms with Gasteiger partial charge < -0.3 is 15.0 Å². The lowest BCUT2D eigenvalue weighted by Crippen LogP contribution is -2.38. The molecule has 0 saturated carbocycles. The van der Waals surface area contributed by atoms with Crippen molar-refractivity contribution in [2.75, 3.05) is 0 Å². The van der Waals surface area contributed by atoms with Crippen LogP contribution in [0.15, 0.2) is 41.3 Å². The van der Waals surface area contributed by atoms with E-state index in [1.54, 1.807) is 25.1 Å². The van der Waals surface area contributed by atoms with E-state index in [0.29, 0.717) is 15.6 Å². The monoisotopic (exact) mass is 382 g/mol. The summed E-state index contributed by atoms with van der Waals surface area (Å²) in [7, 11) is 0. The van der Waals surface area contributed by atoms with Crippen molar-refractivity contribution >= 4 is 35.1 Å². The first-order valence-corrected chi connectivity index (χ1v) is 8.19. The molecule has 0 aliphatic heterocycles. The maximum atomic E-state index is 12.2. The number of rotatable bonds is 5. The number of esters is 1. The molecular formula is C17H16Cl2N2O4. The number of pyridine rings is 1. The van der Waals surface area contributed by atoms with Gasteiger partial charge in [-0.05, 0) is 43.7 Å². The third-order valence-corrected chi connectivity index (χ3v) is 4.04. The molecule has 2 rings (SSSR count). The van der Waals surface area contributed by atoms with Crippen LogP contribution in [0.5, 0.6) is 0 Å². The fourth-order valence-corrected chi connectivity index (χ4v) is 2.69. The number of ether oxygens (including phenoxy) is 1. The van der Waals surface area contributed by atoms with Crippen molar-refractivity contribution in [3.63, 3.8) is 0 Å². The first kappa shape index (κ1) is 19.0. The van der Waals surface area contributed by atoms with Crippen LogP contribution in [-0.2, 0) is 9.53 Å². The van der Waals surface area contributed by atoms with Crippen molar-refractivity contribution in [3.05, 3.63) is 68.1 Å². The molecule has 0 spiro atoms. The van der Waals surface area contributed by atoms with Crippen molar-refractivity contribution in [1.82, 2.24) is 10.3 Å². The number of aromatic amines is 1. The van der Waals surface area contributed by atoms with Gasteiger partial charge in [-0.25, -0.2) is 4.79 Å². The second-order valence-corrected chi connectivity index (χ2v) is 6.20. The third-order valence-electron chi connectivity index (χ3n) is 3.48. The highest BCUT2D eigenvalue weighted by Gasteiger charge is 2.22. The number of hydrogen-bond donors (Lipinski definition) is 2. The zero-order valence-electron chi connectivity index (χ0n) is 13.5. The van der Waals surface area contributed by atoms with E-state index in [0.717, 1.165) is 0 Å². The minimum absolute atomic E-state index is 0.170. The predicted octanol–water partition coefficient (Wildman–Crippen LogP) is 3.10. The first-order valence-electron chi connectivity index (χ1n) is 7.43. The Hall–Kier alpha value is -2.31. The van der Waals surface area contributed by atoms with Gasteiger partial charge in [-0.3, -0.25) is 9.59 Å². The molecule has 0 saturated heterocycles. The first-order chi connectivity index (χ1) is 11.8. The predicted molar refractivity (Wildman–Crippen MR) is 95.0 cm³/mol. The van der Waals surface area contributed by atoms with E-state index in [1.807, 2.05) is 0 Å². The van der Waals surface area contributed by atoms with Crippen LogP contribution >= 0.6 is 23.2 Å². The van der Waals surface area contributed by atoms with Crippen LogP contribution in [0.4, 0.5) is 0 Å². The number of aromatic nitrogens is 1. The molecule has 132 valence electrons. The Labute approximate surface area is 154 Å². The minimum atomic E-state index is -1.08. The third kappa shape index (κ3) is 4.84. The molecule has 0 unspecified atom stereocenters. The fourth-order valence-electron chi connectivity index (χ4n) is 2.12. The normalized spacial score (nSPS) is 13.0. The van der Waals surface area contributed by atoms with E-state index in [2.05, 4.69) is 10.3 Å². The van der Waals surface area contributed by atoms with E-state index in [4.69, 9.17) is 27.9 Å². The van der Waals surface area contributed by atoms with Crippen LogP contribution in [0, 0.1) is 0 Å². The maximum absolute atomic E-state index is 12.2. The number of carbonyl (C=O) groups excluding carboxylic acids is 2. The van der Waals surface area contributed by atoms with Crippen LogP contribution in [-0.4, -0.2) is 23.0 Å². The van der Waals surface area contributed by atoms with Crippen LogP contribution in [0.2, 0.25) is 10.0 Å². The highest BCUT2D eigenvalue weighted by molar-refractivity contribution is 6.35. The number of halogens is 2. The molecule has 1 heterocycles. The Bertz CT molecular complexity index is 851. The van der Waals surface area contributed by atoms with Gasteiger partial charge in [0, 0.05) is 16.2 Å². The lowest BCUT2D eigenvalue weighted by atomic mass is 10.1. The number of nitrogens with one attached hydrogen (secondary N) is 2. The number of amides is 1. The van der Waals surface area contributed by atoms with E-state index in [-0.39, 0.29) is 5.56 Å². The van der Waals surface area contributed by atoms with E-state index >= 15 is 0 Å². The maximum Gasteiger partial charge on any atom is 0.344 e. The summed E-state index contributed by atoms with van der Waals surface area (Å²) in [6.07, 6.45) is 0.313. The van der Waals surface area contributed by atoms with Gasteiger partial charge in [0.05, 0.1) is 6.04 Å². The zero-order valence-corrected chi connectivity index (χ0v) is 15.0. The Balaban J connectivity index is 2.01. The summed E-state index contributed by atoms with van der Waals surface area (Å²) in [6, 6.07) is 7.34. The van der Waals surface area contributed by atoms with Crippen molar-refractivity contribution in [2.24, 2.45) is 0 Å². The van der Waals surface area contributed by atoms with Crippen molar-refractivity contribution in [1.29, 1.82) is 0 Å². The van der Waals surface area contributed by atoms with Crippen molar-refractivity contribution in [2.45, 2.75) is 26.0 Å². The zero-order chi connectivity index (χ0) is 18.6. The molecule has 0 aliphatic carbocycles. The number of carbonyl (C=O) groups is 2. The Morgan fingerprint density at radius 2 is 1.92 bits per heavy atom. The summed E-state index contributed by atoms with van der Waals surface area (Å²) in [5, 5.41) is 3.60. The molecule has 2 atom stereocenters. The van der Waals surface area contributed by atoms with Crippen LogP contribution < -0.4 is 10.9 Å². The Kier molecular flexibility index (Phi) is 6.22. The fraction of sp³-hybridized carbons (Fsp3) is 0.235. The molecule has 25 heavy (non-hydrogen) atoms. The molecular weight excluding hydrogens is 367 g/mol. The second-order valence-electron chi connectivity index (χ2n) is 5.36. The van der Waals surface area contributed by atoms with Gasteiger partial charge in [-0.1, -0.05) is 29.3 Å². The summed E-state index contributed by atoms with van der Waals surface area (Å²) < 4.78 is 5.04. The lowest BCUT2D eigenvalue weighted by molar-refractivity contribution is -0.129. The largest absolute Gasteiger partial charge is 0.449 e. The number of hydrogen-bond acceptors (Lipinski definition) is 4. The standard InChI is InChI=1S/C17H16Cl2N2O4/c1-9(12-6-5-11(18)8-14(12)19)21-15(22)10(2)25-17(24)13-4-3-7-20-16(13)23/h3-10H,1-2H3,(H,20,23)(H,21,22)/t9-,10-/m1/s1. The number of H-pyrrole nitrogens is 1. The van der Waals surface area contributed by atoms with E-state index in [1.165, 1.54) is 25.3 Å². The SMILES string of the molecule is C[C@@H](OC(=O)c1ccc[nH]c1=O)C(=O)N[C@H](C)c1ccc(Cl)cc1Cl. The van der Waals surface area contributed by atoms with Gasteiger partial charge in [0.25, 0.3) is 11.5 Å². The van der Waals surface area contributed by atoms with E-state index in [9.17, 15) is 14.4 Å². The molecule has 8 heteroatoms. The van der Waals surface area contributed by atoms with Gasteiger partial charge in [0.15, 0.2) is 6.10 Å². The molecule has 1 amide bonds. The highest BCUT2D eigenvalue weighted by Crippen LogP contribution is 2.26. The molecule has 1 aromatic heterocycles. The van der Waals surface area contributed by atoms with Gasteiger partial charge in [-0.15, -0.1) is 0 Å². The van der Waals surface area contributed by atoms with Crippen molar-refractivity contribution < 1.29 is 14.3 Å². The molecule has 0 bridgehead atoms. The van der Waals surface area contributed by atoms with Gasteiger partial charge in [0.2, 0.25) is 0 Å². The molecule has 0 aliphatic rings. The molecule has 1 aromatic carbocycles. The smallest absolute Gasteiger partial charge is 0.344 e. The summed E-state index contributed by atoms with van der Waals surface area (Å²) >= 11 is 12.0. The minimum Gasteiger partial charge on any atom is -0.449 e. The molecule has 2 N–H and O–H groups in total. The van der Waals surface area contributed by atoms with Gasteiger partial charge >= 0.3 is 5.97 Å². The van der Waals surface area contributed by atoms with Gasteiger partial charge in [-0.2, -0.15) is 0 Å². The lowest BCUT2D eigenvalue weighted by Gasteiger charge is -2.19. The summed E-state index contributed by atoms with van der Waals surface area (Å²) in [6.45, 7) is 3.16. The summed E-state index contributed by atoms with van der Waals surface area (Å²) in [5.74, 6) is -1.39. The number of benzene rings is 1. The molecule has 0 radical (unpaired) electrons. The van der Waals surface area contributed by atoms with Crippen molar-refractivity contribution in [3.8, 4) is 0 Å². The molecule has 0 fully saturated rings. The van der Waals surface area contributed by atoms with Crippen LogP contribution in [0.1, 0.15) is 35.8 Å². The summed E-state index contributed by atoms with van der Waals surface area (Å²) in [5.41, 5.74) is -0.0742. The summed E-state index contributed by atoms with van der Waals surface area (Å²) in [4.78, 5) is 38.1. The van der Waals surface area contributed by atoms with Gasteiger partial charge in [0.1, 0.15) is 5.56 Å². The van der Waals surface area contributed by atoms with Crippen LogP contribution in [0.25, 0.3) is 0 Å². The quantitative estimate of drug-likeness (QED) is 0.777. The topological polar surface area (TPSA) is 88.3 Å². The second kappa shape index (κ2) is 8.18.